The molecule has 0 saturated carbocycles. The van der Waals surface area contributed by atoms with E-state index in [2.05, 4.69) is 34.9 Å². The third-order valence-electron chi connectivity index (χ3n) is 4.44. The molecule has 0 aliphatic heterocycles. The number of rotatable bonds is 7. The van der Waals surface area contributed by atoms with Crippen LogP contribution in [0.15, 0.2) is 47.1 Å². The van der Waals surface area contributed by atoms with E-state index in [9.17, 15) is 4.79 Å². The monoisotopic (exact) mass is 416 g/mol. The van der Waals surface area contributed by atoms with Crippen LogP contribution >= 0.6 is 15.9 Å². The molecule has 0 spiro atoms. The predicted octanol–water partition coefficient (Wildman–Crippen LogP) is 5.11. The summed E-state index contributed by atoms with van der Waals surface area (Å²) >= 11 is 3.53. The third kappa shape index (κ3) is 3.90. The summed E-state index contributed by atoms with van der Waals surface area (Å²) < 4.78 is 9.01. The molecule has 0 atom stereocenters. The first-order valence-electron chi connectivity index (χ1n) is 8.65. The number of carbonyl (C=O) groups is 1. The van der Waals surface area contributed by atoms with Crippen molar-refractivity contribution in [2.75, 3.05) is 0 Å². The van der Waals surface area contributed by atoms with Gasteiger partial charge in [0, 0.05) is 15.4 Å². The Hall–Kier alpha value is -2.34. The van der Waals surface area contributed by atoms with Crippen LogP contribution in [0.25, 0.3) is 10.9 Å². The zero-order valence-electron chi connectivity index (χ0n) is 14.8. The van der Waals surface area contributed by atoms with Gasteiger partial charge >= 0.3 is 5.97 Å². The largest absolute Gasteiger partial charge is 0.490 e. The Morgan fingerprint density at radius 2 is 2.00 bits per heavy atom. The third-order valence-corrected chi connectivity index (χ3v) is 4.93. The molecule has 1 heterocycles. The second kappa shape index (κ2) is 7.91. The molecule has 0 aliphatic carbocycles. The standard InChI is InChI=1S/C20H21BrN2O3/c1-3-17(4-2)26-19-8-6-16(21)10-15(19)12-23-18-7-5-13(20(24)25)9-14(18)11-22-23/h5-11,17H,3-4,12H2,1-2H3,(H,24,25). The summed E-state index contributed by atoms with van der Waals surface area (Å²) in [6, 6.07) is 11.0. The zero-order valence-corrected chi connectivity index (χ0v) is 16.4. The number of hydrogen-bond donors (Lipinski definition) is 1. The number of nitrogens with zero attached hydrogens (tertiary/aromatic N) is 2. The van der Waals surface area contributed by atoms with Crippen molar-refractivity contribution in [2.24, 2.45) is 0 Å². The molecule has 3 aromatic rings. The summed E-state index contributed by atoms with van der Waals surface area (Å²) in [5, 5.41) is 14.4. The van der Waals surface area contributed by atoms with Crippen LogP contribution in [0.2, 0.25) is 0 Å². The fourth-order valence-electron chi connectivity index (χ4n) is 2.93. The minimum absolute atomic E-state index is 0.183. The molecule has 5 nitrogen and oxygen atoms in total. The number of aromatic carboxylic acids is 1. The van der Waals surface area contributed by atoms with Crippen molar-refractivity contribution >= 4 is 32.8 Å². The first-order valence-corrected chi connectivity index (χ1v) is 9.45. The van der Waals surface area contributed by atoms with Crippen LogP contribution < -0.4 is 4.74 Å². The van der Waals surface area contributed by atoms with E-state index in [0.717, 1.165) is 39.5 Å². The molecule has 6 heteroatoms. The lowest BCUT2D eigenvalue weighted by molar-refractivity contribution is 0.0697. The van der Waals surface area contributed by atoms with Crippen molar-refractivity contribution in [1.82, 2.24) is 9.78 Å². The zero-order chi connectivity index (χ0) is 18.7. The van der Waals surface area contributed by atoms with E-state index in [0.29, 0.717) is 6.54 Å². The summed E-state index contributed by atoms with van der Waals surface area (Å²) in [5.74, 6) is -0.0831. The van der Waals surface area contributed by atoms with Crippen molar-refractivity contribution in [3.8, 4) is 5.75 Å². The van der Waals surface area contributed by atoms with Crippen LogP contribution in [0.3, 0.4) is 0 Å². The number of ether oxygens (including phenoxy) is 1. The minimum Gasteiger partial charge on any atom is -0.490 e. The first-order chi connectivity index (χ1) is 12.5. The van der Waals surface area contributed by atoms with Crippen LogP contribution in [0.1, 0.15) is 42.6 Å². The topological polar surface area (TPSA) is 64.4 Å². The molecule has 1 aromatic heterocycles. The lowest BCUT2D eigenvalue weighted by Crippen LogP contribution is -2.15. The van der Waals surface area contributed by atoms with Crippen LogP contribution in [0.4, 0.5) is 0 Å². The van der Waals surface area contributed by atoms with Gasteiger partial charge in [0.25, 0.3) is 0 Å². The fourth-order valence-corrected chi connectivity index (χ4v) is 3.34. The lowest BCUT2D eigenvalue weighted by atomic mass is 10.1. The van der Waals surface area contributed by atoms with Gasteiger partial charge in [0.2, 0.25) is 0 Å². The van der Waals surface area contributed by atoms with Gasteiger partial charge in [0.1, 0.15) is 5.75 Å². The highest BCUT2D eigenvalue weighted by atomic mass is 79.9. The first kappa shape index (κ1) is 18.5. The summed E-state index contributed by atoms with van der Waals surface area (Å²) in [6.45, 7) is 4.78. The normalized spacial score (nSPS) is 11.2. The number of benzene rings is 2. The molecule has 1 N–H and O–H groups in total. The maximum atomic E-state index is 11.1. The van der Waals surface area contributed by atoms with E-state index in [1.807, 2.05) is 22.9 Å². The Morgan fingerprint density at radius 1 is 1.23 bits per heavy atom. The predicted molar refractivity (Wildman–Crippen MR) is 105 cm³/mol. The maximum absolute atomic E-state index is 11.1. The molecular weight excluding hydrogens is 396 g/mol. The summed E-state index contributed by atoms with van der Waals surface area (Å²) in [7, 11) is 0. The molecule has 0 bridgehead atoms. The van der Waals surface area contributed by atoms with Crippen molar-refractivity contribution in [2.45, 2.75) is 39.3 Å². The molecule has 0 saturated heterocycles. The average Bonchev–Trinajstić information content (AvgIpc) is 3.03. The molecule has 2 aromatic carbocycles. The minimum atomic E-state index is -0.938. The Morgan fingerprint density at radius 3 is 2.69 bits per heavy atom. The number of hydrogen-bond acceptors (Lipinski definition) is 3. The number of aromatic nitrogens is 2. The van der Waals surface area contributed by atoms with Gasteiger partial charge in [0.05, 0.1) is 29.9 Å². The highest BCUT2D eigenvalue weighted by Crippen LogP contribution is 2.27. The molecule has 0 fully saturated rings. The smallest absolute Gasteiger partial charge is 0.335 e. The Labute approximate surface area is 160 Å². The molecule has 26 heavy (non-hydrogen) atoms. The second-order valence-corrected chi connectivity index (χ2v) is 7.11. The summed E-state index contributed by atoms with van der Waals surface area (Å²) in [5.41, 5.74) is 2.18. The van der Waals surface area contributed by atoms with E-state index in [-0.39, 0.29) is 11.7 Å². The maximum Gasteiger partial charge on any atom is 0.335 e. The molecule has 0 unspecified atom stereocenters. The molecule has 0 amide bonds. The number of carboxylic acids is 1. The molecule has 3 rings (SSSR count). The SMILES string of the molecule is CCC(CC)Oc1ccc(Br)cc1Cn1ncc2cc(C(=O)O)ccc21. The Kier molecular flexibility index (Phi) is 5.61. The Bertz CT molecular complexity index is 932. The van der Waals surface area contributed by atoms with E-state index < -0.39 is 5.97 Å². The highest BCUT2D eigenvalue weighted by Gasteiger charge is 2.13. The Balaban J connectivity index is 1.94. The van der Waals surface area contributed by atoms with E-state index in [4.69, 9.17) is 9.84 Å². The van der Waals surface area contributed by atoms with Gasteiger partial charge < -0.3 is 9.84 Å². The van der Waals surface area contributed by atoms with Gasteiger partial charge in [-0.3, -0.25) is 4.68 Å². The van der Waals surface area contributed by atoms with Crippen molar-refractivity contribution < 1.29 is 14.6 Å². The van der Waals surface area contributed by atoms with Crippen LogP contribution in [0.5, 0.6) is 5.75 Å². The quantitative estimate of drug-likeness (QED) is 0.580. The van der Waals surface area contributed by atoms with Gasteiger partial charge in [-0.15, -0.1) is 0 Å². The average molecular weight is 417 g/mol. The van der Waals surface area contributed by atoms with Gasteiger partial charge in [-0.05, 0) is 49.2 Å². The molecular formula is C20H21BrN2O3. The van der Waals surface area contributed by atoms with Crippen molar-refractivity contribution in [1.29, 1.82) is 0 Å². The van der Waals surface area contributed by atoms with Gasteiger partial charge in [-0.2, -0.15) is 5.10 Å². The lowest BCUT2D eigenvalue weighted by Gasteiger charge is -2.19. The van der Waals surface area contributed by atoms with E-state index in [1.165, 1.54) is 0 Å². The molecule has 0 aliphatic rings. The molecule has 0 radical (unpaired) electrons. The highest BCUT2D eigenvalue weighted by molar-refractivity contribution is 9.10. The van der Waals surface area contributed by atoms with Gasteiger partial charge in [-0.25, -0.2) is 4.79 Å². The summed E-state index contributed by atoms with van der Waals surface area (Å²) in [6.07, 6.45) is 3.78. The van der Waals surface area contributed by atoms with Gasteiger partial charge in [-0.1, -0.05) is 29.8 Å². The van der Waals surface area contributed by atoms with Crippen molar-refractivity contribution in [3.63, 3.8) is 0 Å². The van der Waals surface area contributed by atoms with Crippen molar-refractivity contribution in [3.05, 3.63) is 58.2 Å². The van der Waals surface area contributed by atoms with Gasteiger partial charge in [0.15, 0.2) is 0 Å². The van der Waals surface area contributed by atoms with E-state index in [1.54, 1.807) is 24.4 Å². The van der Waals surface area contributed by atoms with E-state index >= 15 is 0 Å². The van der Waals surface area contributed by atoms with Crippen LogP contribution in [-0.4, -0.2) is 27.0 Å². The van der Waals surface area contributed by atoms with Crippen LogP contribution in [-0.2, 0) is 6.54 Å². The molecule has 136 valence electrons. The second-order valence-electron chi connectivity index (χ2n) is 6.19. The fraction of sp³-hybridized carbons (Fsp3) is 0.300. The number of fused-ring (bicyclic) bond motifs is 1. The number of halogens is 1. The summed E-state index contributed by atoms with van der Waals surface area (Å²) in [4.78, 5) is 11.1. The van der Waals surface area contributed by atoms with Crippen LogP contribution in [0, 0.1) is 0 Å². The number of carboxylic acid groups (broad SMARTS) is 1.